The van der Waals surface area contributed by atoms with Crippen LogP contribution >= 0.6 is 0 Å². The van der Waals surface area contributed by atoms with E-state index in [1.807, 2.05) is 5.32 Å². The summed E-state index contributed by atoms with van der Waals surface area (Å²) in [4.78, 5) is 26.7. The lowest BCUT2D eigenvalue weighted by molar-refractivity contribution is -0.348. The Kier molecular flexibility index (Phi) is 9.31. The van der Waals surface area contributed by atoms with Crippen molar-refractivity contribution < 1.29 is 62.6 Å². The highest BCUT2D eigenvalue weighted by Gasteiger charge is 2.73. The van der Waals surface area contributed by atoms with Crippen molar-refractivity contribution in [3.05, 3.63) is 88.5 Å². The number of anilines is 2. The Morgan fingerprint density at radius 3 is 2.00 bits per heavy atom. The van der Waals surface area contributed by atoms with Gasteiger partial charge in [-0.15, -0.1) is 0 Å². The number of hydrogen-bond donors (Lipinski definition) is 1. The molecule has 0 radical (unpaired) electrons. The minimum absolute atomic E-state index is 0.00753. The zero-order valence-corrected chi connectivity index (χ0v) is 21.8. The number of aryl methyl sites for hydroxylation is 1. The van der Waals surface area contributed by atoms with Crippen molar-refractivity contribution in [2.45, 2.75) is 38.5 Å². The first-order valence-corrected chi connectivity index (χ1v) is 11.9. The van der Waals surface area contributed by atoms with Crippen molar-refractivity contribution in [3.8, 4) is 5.75 Å². The van der Waals surface area contributed by atoms with E-state index < -0.39 is 87.5 Å². The number of hydrogen-bond acceptors (Lipinski definition) is 3. The zero-order valence-electron chi connectivity index (χ0n) is 21.8. The minimum Gasteiger partial charge on any atom is -0.433 e. The van der Waals surface area contributed by atoms with Crippen LogP contribution < -0.4 is 15.0 Å². The fourth-order valence-corrected chi connectivity index (χ4v) is 4.08. The molecule has 0 atom stereocenters. The Morgan fingerprint density at radius 1 is 0.884 bits per heavy atom. The zero-order chi connectivity index (χ0) is 32.5. The fourth-order valence-electron chi connectivity index (χ4n) is 4.08. The van der Waals surface area contributed by atoms with Crippen LogP contribution in [0.25, 0.3) is 0 Å². The summed E-state index contributed by atoms with van der Waals surface area (Å²) in [6.45, 7) is -1.94. The normalized spacial score (nSPS) is 12.3. The Labute approximate surface area is 235 Å². The van der Waals surface area contributed by atoms with Gasteiger partial charge in [0.2, 0.25) is 0 Å². The summed E-state index contributed by atoms with van der Waals surface area (Å²) in [5.41, 5.74) is -11.7. The number of amides is 2. The van der Waals surface area contributed by atoms with Crippen molar-refractivity contribution in [1.82, 2.24) is 0 Å². The molecule has 3 rings (SSSR count). The molecule has 0 bridgehead atoms. The van der Waals surface area contributed by atoms with Crippen molar-refractivity contribution in [2.24, 2.45) is 0 Å². The molecule has 0 aliphatic rings. The Morgan fingerprint density at radius 2 is 1.47 bits per heavy atom. The van der Waals surface area contributed by atoms with E-state index in [0.717, 1.165) is 42.2 Å². The summed E-state index contributed by atoms with van der Waals surface area (Å²) in [6, 6.07) is 7.42. The van der Waals surface area contributed by atoms with Crippen LogP contribution in [0, 0.1) is 18.6 Å². The molecule has 3 aromatic rings. The average Bonchev–Trinajstić information content (AvgIpc) is 2.89. The highest BCUT2D eigenvalue weighted by atomic mass is 19.4. The lowest BCUT2D eigenvalue weighted by Crippen LogP contribution is -2.50. The molecule has 16 heteroatoms. The molecule has 0 aliphatic carbocycles. The molecule has 0 fully saturated rings. The molecule has 0 unspecified atom stereocenters. The maximum absolute atomic E-state index is 15.5. The first-order chi connectivity index (χ1) is 19.8. The Balaban J connectivity index is 2.08. The van der Waals surface area contributed by atoms with Crippen LogP contribution in [0.5, 0.6) is 5.75 Å². The smallest absolute Gasteiger partial charge is 0.433 e. The molecular formula is C27H19F11N2O3. The van der Waals surface area contributed by atoms with Gasteiger partial charge in [-0.3, -0.25) is 9.59 Å². The molecule has 0 aliphatic heterocycles. The molecule has 5 nitrogen and oxygen atoms in total. The summed E-state index contributed by atoms with van der Waals surface area (Å²) in [7, 11) is 0. The van der Waals surface area contributed by atoms with Gasteiger partial charge in [-0.2, -0.15) is 35.1 Å². The van der Waals surface area contributed by atoms with Gasteiger partial charge in [-0.25, -0.2) is 13.2 Å². The number of nitrogens with one attached hydrogen (secondary N) is 1. The Bertz CT molecular complexity index is 1510. The third-order valence-electron chi connectivity index (χ3n) is 6.11. The van der Waals surface area contributed by atoms with Gasteiger partial charge in [0.15, 0.2) is 5.82 Å². The highest BCUT2D eigenvalue weighted by molar-refractivity contribution is 6.09. The summed E-state index contributed by atoms with van der Waals surface area (Å²) in [5.74, 6) is -6.27. The van der Waals surface area contributed by atoms with Gasteiger partial charge in [0.05, 0.1) is 22.5 Å². The second kappa shape index (κ2) is 12.1. The lowest BCUT2D eigenvalue weighted by Gasteiger charge is -2.31. The molecular weight excluding hydrogens is 609 g/mol. The van der Waals surface area contributed by atoms with Gasteiger partial charge >= 0.3 is 24.6 Å². The van der Waals surface area contributed by atoms with Gasteiger partial charge in [-0.05, 0) is 55.8 Å². The van der Waals surface area contributed by atoms with Crippen LogP contribution in [0.3, 0.4) is 0 Å². The monoisotopic (exact) mass is 628 g/mol. The van der Waals surface area contributed by atoms with Crippen LogP contribution in [-0.4, -0.2) is 37.3 Å². The predicted molar refractivity (Wildman–Crippen MR) is 131 cm³/mol. The number of ether oxygens (including phenoxy) is 1. The number of alkyl halides is 9. The van der Waals surface area contributed by atoms with Crippen molar-refractivity contribution in [2.75, 3.05) is 16.8 Å². The van der Waals surface area contributed by atoms with Gasteiger partial charge in [0, 0.05) is 12.1 Å². The number of nitrogens with zero attached hydrogens (tertiary/aromatic N) is 1. The maximum atomic E-state index is 15.5. The van der Waals surface area contributed by atoms with E-state index >= 15 is 4.39 Å². The third-order valence-corrected chi connectivity index (χ3v) is 6.11. The first kappa shape index (κ1) is 33.1. The highest BCUT2D eigenvalue weighted by Crippen LogP contribution is 2.54. The van der Waals surface area contributed by atoms with Crippen LogP contribution in [0.15, 0.2) is 54.6 Å². The number of benzene rings is 3. The van der Waals surface area contributed by atoms with E-state index in [-0.39, 0.29) is 18.7 Å². The molecule has 0 spiro atoms. The molecule has 0 heterocycles. The lowest BCUT2D eigenvalue weighted by atomic mass is 9.92. The van der Waals surface area contributed by atoms with E-state index in [1.165, 1.54) is 19.1 Å². The second-order valence-electron chi connectivity index (χ2n) is 8.82. The van der Waals surface area contributed by atoms with Gasteiger partial charge in [0.25, 0.3) is 11.8 Å². The van der Waals surface area contributed by atoms with E-state index in [4.69, 9.17) is 0 Å². The third kappa shape index (κ3) is 6.37. The molecule has 43 heavy (non-hydrogen) atoms. The minimum atomic E-state index is -6.58. The maximum Gasteiger partial charge on any atom is 0.435 e. The number of halogens is 11. The average molecular weight is 628 g/mol. The molecule has 232 valence electrons. The topological polar surface area (TPSA) is 58.6 Å². The van der Waals surface area contributed by atoms with E-state index in [0.29, 0.717) is 0 Å². The van der Waals surface area contributed by atoms with E-state index in [9.17, 15) is 53.5 Å². The van der Waals surface area contributed by atoms with Gasteiger partial charge in [0.1, 0.15) is 11.6 Å². The quantitative estimate of drug-likeness (QED) is 0.257. The molecule has 3 aromatic carbocycles. The molecule has 0 aromatic heterocycles. The molecule has 0 saturated carbocycles. The first-order valence-electron chi connectivity index (χ1n) is 11.9. The summed E-state index contributed by atoms with van der Waals surface area (Å²) in [5, 5.41) is 1.87. The van der Waals surface area contributed by atoms with Crippen LogP contribution in [0.1, 0.15) is 38.8 Å². The molecule has 1 N–H and O–H groups in total. The van der Waals surface area contributed by atoms with Crippen molar-refractivity contribution in [1.29, 1.82) is 0 Å². The van der Waals surface area contributed by atoms with Gasteiger partial charge in [-0.1, -0.05) is 18.2 Å². The summed E-state index contributed by atoms with van der Waals surface area (Å²) in [6.07, 6.45) is -13.2. The SMILES string of the molecule is CCN(C(=O)c1ccccc1F)c1cccc(C(=O)Nc2c(C)cc(C(F)(C(F)(F)F)C(F)(F)F)cc2OC(F)F)c1F. The second-order valence-corrected chi connectivity index (χ2v) is 8.82. The molecule has 2 amide bonds. The largest absolute Gasteiger partial charge is 0.435 e. The van der Waals surface area contributed by atoms with Crippen LogP contribution in [-0.2, 0) is 5.67 Å². The van der Waals surface area contributed by atoms with E-state index in [2.05, 4.69) is 4.74 Å². The Hall–Kier alpha value is -4.37. The van der Waals surface area contributed by atoms with Crippen LogP contribution in [0.2, 0.25) is 0 Å². The van der Waals surface area contributed by atoms with Gasteiger partial charge < -0.3 is 15.0 Å². The van der Waals surface area contributed by atoms with Crippen LogP contribution in [0.4, 0.5) is 59.7 Å². The number of carbonyl (C=O) groups is 2. The fraction of sp³-hybridized carbons (Fsp3) is 0.259. The number of carbonyl (C=O) groups excluding carboxylic acids is 2. The summed E-state index contributed by atoms with van der Waals surface area (Å²) >= 11 is 0. The summed E-state index contributed by atoms with van der Waals surface area (Å²) < 4.78 is 154. The standard InChI is InChI=1S/C27H19F11N2O3/c1-3-40(23(42)15-7-4-5-9-17(15)28)18-10-6-8-16(20(18)29)22(41)39-21-13(2)11-14(12-19(21)43-24(30)31)25(32,26(33,34)35)27(36,37)38/h4-12,24H,3H2,1-2H3,(H,39,41). The van der Waals surface area contributed by atoms with Crippen molar-refractivity contribution >= 4 is 23.2 Å². The number of rotatable bonds is 8. The predicted octanol–water partition coefficient (Wildman–Crippen LogP) is 8.08. The van der Waals surface area contributed by atoms with Crippen molar-refractivity contribution in [3.63, 3.8) is 0 Å². The molecule has 0 saturated heterocycles. The van der Waals surface area contributed by atoms with E-state index in [1.54, 1.807) is 0 Å².